The van der Waals surface area contributed by atoms with Crippen LogP contribution >= 0.6 is 23.2 Å². The normalized spacial score (nSPS) is 19.5. The highest BCUT2D eigenvalue weighted by Gasteiger charge is 2.27. The van der Waals surface area contributed by atoms with Crippen molar-refractivity contribution in [1.82, 2.24) is 5.32 Å². The molecule has 2 amide bonds. The summed E-state index contributed by atoms with van der Waals surface area (Å²) >= 11 is 11.7. The van der Waals surface area contributed by atoms with Crippen LogP contribution in [0, 0.1) is 0 Å². The molecule has 1 aliphatic heterocycles. The topological polar surface area (TPSA) is 84.6 Å². The lowest BCUT2D eigenvalue weighted by molar-refractivity contribution is -0.129. The minimum atomic E-state index is -1.22. The Labute approximate surface area is 113 Å². The highest BCUT2D eigenvalue weighted by atomic mass is 35.5. The summed E-state index contributed by atoms with van der Waals surface area (Å²) in [5, 5.41) is 3.31. The van der Waals surface area contributed by atoms with E-state index in [0.29, 0.717) is 10.0 Å². The molecule has 1 unspecified atom stereocenters. The predicted molar refractivity (Wildman–Crippen MR) is 68.7 cm³/mol. The maximum absolute atomic E-state index is 11.3. The van der Waals surface area contributed by atoms with Gasteiger partial charge in [-0.3, -0.25) is 9.59 Å². The quantitative estimate of drug-likeness (QED) is 0.793. The van der Waals surface area contributed by atoms with Gasteiger partial charge in [-0.05, 0) is 17.7 Å². The molecule has 1 heterocycles. The largest absolute Gasteiger partial charge is 0.312 e. The second kappa shape index (κ2) is 5.06. The van der Waals surface area contributed by atoms with E-state index in [0.717, 1.165) is 5.56 Å². The lowest BCUT2D eigenvalue weighted by Crippen LogP contribution is -2.52. The Bertz CT molecular complexity index is 557. The maximum Gasteiger partial charge on any atom is 0.273 e. The minimum absolute atomic E-state index is 0.255. The van der Waals surface area contributed by atoms with Crippen LogP contribution in [0.4, 0.5) is 0 Å². The van der Waals surface area contributed by atoms with E-state index in [9.17, 15) is 9.59 Å². The van der Waals surface area contributed by atoms with Gasteiger partial charge in [-0.1, -0.05) is 29.3 Å². The first kappa shape index (κ1) is 13.0. The van der Waals surface area contributed by atoms with E-state index in [1.54, 1.807) is 18.2 Å². The number of benzene rings is 1. The van der Waals surface area contributed by atoms with Crippen LogP contribution in [0.1, 0.15) is 5.56 Å². The molecule has 0 fully saturated rings. The maximum atomic E-state index is 11.3. The summed E-state index contributed by atoms with van der Waals surface area (Å²) < 4.78 is 0. The van der Waals surface area contributed by atoms with E-state index < -0.39 is 17.9 Å². The summed E-state index contributed by atoms with van der Waals surface area (Å²) in [4.78, 5) is 26.4. The van der Waals surface area contributed by atoms with Gasteiger partial charge in [0.1, 0.15) is 5.84 Å². The van der Waals surface area contributed by atoms with Gasteiger partial charge in [-0.15, -0.1) is 0 Å². The molecule has 5 nitrogen and oxygen atoms in total. The first-order valence-corrected chi connectivity index (χ1v) is 5.85. The number of carbonyl (C=O) groups excluding carboxylic acids is 2. The van der Waals surface area contributed by atoms with Gasteiger partial charge in [0, 0.05) is 6.42 Å². The van der Waals surface area contributed by atoms with Gasteiger partial charge in [0.2, 0.25) is 0 Å². The molecule has 0 bridgehead atoms. The Hall–Kier alpha value is -1.43. The standard InChI is InChI=1S/C11H9Cl2N3O2/c12-6-2-1-5(3-7(6)13)4-8-15-10(17)9(14)11(18)16-8/h1-3,9H,4,14H2,(H,15,16,17,18). The minimum Gasteiger partial charge on any atom is -0.312 e. The average molecular weight is 286 g/mol. The number of halogens is 2. The summed E-state index contributed by atoms with van der Waals surface area (Å²) in [7, 11) is 0. The molecule has 1 aromatic rings. The summed E-state index contributed by atoms with van der Waals surface area (Å²) in [6.07, 6.45) is 0.279. The molecule has 3 N–H and O–H groups in total. The Morgan fingerprint density at radius 1 is 1.28 bits per heavy atom. The van der Waals surface area contributed by atoms with Crippen LogP contribution < -0.4 is 11.1 Å². The molecule has 0 radical (unpaired) electrons. The number of nitrogens with one attached hydrogen (secondary N) is 1. The monoisotopic (exact) mass is 285 g/mol. The van der Waals surface area contributed by atoms with E-state index in [4.69, 9.17) is 28.9 Å². The molecular formula is C11H9Cl2N3O2. The van der Waals surface area contributed by atoms with Gasteiger partial charge >= 0.3 is 0 Å². The number of hydrogen-bond acceptors (Lipinski definition) is 3. The highest BCUT2D eigenvalue weighted by Crippen LogP contribution is 2.22. The molecular weight excluding hydrogens is 277 g/mol. The van der Waals surface area contributed by atoms with Crippen LogP contribution in [-0.2, 0) is 16.0 Å². The fourth-order valence-electron chi connectivity index (χ4n) is 1.49. The smallest absolute Gasteiger partial charge is 0.273 e. The molecule has 0 aromatic heterocycles. The lowest BCUT2D eigenvalue weighted by atomic mass is 10.1. The fourth-order valence-corrected chi connectivity index (χ4v) is 1.81. The zero-order valence-electron chi connectivity index (χ0n) is 9.11. The molecule has 7 heteroatoms. The Kier molecular flexibility index (Phi) is 3.65. The summed E-state index contributed by atoms with van der Waals surface area (Å²) in [5.41, 5.74) is 6.10. The average Bonchev–Trinajstić information content (AvgIpc) is 2.31. The molecule has 1 aromatic carbocycles. The number of nitrogens with two attached hydrogens (primary N) is 1. The van der Waals surface area contributed by atoms with E-state index in [1.165, 1.54) is 0 Å². The van der Waals surface area contributed by atoms with Crippen molar-refractivity contribution in [2.75, 3.05) is 0 Å². The van der Waals surface area contributed by atoms with Crippen LogP contribution in [0.2, 0.25) is 10.0 Å². The van der Waals surface area contributed by atoms with Crippen molar-refractivity contribution in [1.29, 1.82) is 0 Å². The van der Waals surface area contributed by atoms with Crippen LogP contribution in [0.5, 0.6) is 0 Å². The lowest BCUT2D eigenvalue weighted by Gasteiger charge is -2.17. The van der Waals surface area contributed by atoms with Crippen LogP contribution in [0.3, 0.4) is 0 Å². The number of amidine groups is 1. The number of aliphatic imine (C=N–C) groups is 1. The molecule has 1 aliphatic rings. The van der Waals surface area contributed by atoms with Crippen LogP contribution in [0.15, 0.2) is 23.2 Å². The third-order valence-corrected chi connectivity index (χ3v) is 3.16. The van der Waals surface area contributed by atoms with Gasteiger partial charge in [-0.25, -0.2) is 0 Å². The Morgan fingerprint density at radius 2 is 2.00 bits per heavy atom. The van der Waals surface area contributed by atoms with Crippen molar-refractivity contribution < 1.29 is 9.59 Å². The zero-order chi connectivity index (χ0) is 13.3. The third kappa shape index (κ3) is 2.69. The molecule has 2 rings (SSSR count). The van der Waals surface area contributed by atoms with Crippen molar-refractivity contribution >= 4 is 40.9 Å². The molecule has 18 heavy (non-hydrogen) atoms. The Morgan fingerprint density at radius 3 is 2.61 bits per heavy atom. The number of hydrogen-bond donors (Lipinski definition) is 2. The molecule has 0 saturated heterocycles. The second-order valence-corrected chi connectivity index (χ2v) is 4.60. The molecule has 0 spiro atoms. The highest BCUT2D eigenvalue weighted by molar-refractivity contribution is 6.42. The number of carbonyl (C=O) groups is 2. The molecule has 1 atom stereocenters. The van der Waals surface area contributed by atoms with Gasteiger partial charge in [0.15, 0.2) is 6.04 Å². The summed E-state index contributed by atoms with van der Waals surface area (Å²) in [5.74, 6) is -0.941. The number of nitrogens with zero attached hydrogens (tertiary/aromatic N) is 1. The van der Waals surface area contributed by atoms with Gasteiger partial charge < -0.3 is 11.1 Å². The van der Waals surface area contributed by atoms with Gasteiger partial charge in [-0.2, -0.15) is 4.99 Å². The molecule has 0 saturated carbocycles. The van der Waals surface area contributed by atoms with Crippen molar-refractivity contribution in [2.24, 2.45) is 10.7 Å². The first-order chi connectivity index (χ1) is 8.47. The van der Waals surface area contributed by atoms with E-state index in [1.807, 2.05) is 0 Å². The van der Waals surface area contributed by atoms with Crippen molar-refractivity contribution in [3.63, 3.8) is 0 Å². The predicted octanol–water partition coefficient (Wildman–Crippen LogP) is 0.918. The number of amides is 2. The summed E-state index contributed by atoms with van der Waals surface area (Å²) in [6, 6.07) is 3.81. The number of rotatable bonds is 2. The van der Waals surface area contributed by atoms with Crippen molar-refractivity contribution in [2.45, 2.75) is 12.5 Å². The SMILES string of the molecule is NC1C(=O)N=C(Cc2ccc(Cl)c(Cl)c2)NC1=O. The van der Waals surface area contributed by atoms with Crippen molar-refractivity contribution in [3.8, 4) is 0 Å². The van der Waals surface area contributed by atoms with Crippen LogP contribution in [0.25, 0.3) is 0 Å². The summed E-state index contributed by atoms with van der Waals surface area (Å²) in [6.45, 7) is 0. The first-order valence-electron chi connectivity index (χ1n) is 5.09. The molecule has 0 aliphatic carbocycles. The van der Waals surface area contributed by atoms with Gasteiger partial charge in [0.05, 0.1) is 10.0 Å². The van der Waals surface area contributed by atoms with Crippen molar-refractivity contribution in [3.05, 3.63) is 33.8 Å². The third-order valence-electron chi connectivity index (χ3n) is 2.42. The van der Waals surface area contributed by atoms with E-state index >= 15 is 0 Å². The zero-order valence-corrected chi connectivity index (χ0v) is 10.6. The molecule has 94 valence electrons. The Balaban J connectivity index is 2.19. The van der Waals surface area contributed by atoms with E-state index in [2.05, 4.69) is 10.3 Å². The van der Waals surface area contributed by atoms with Gasteiger partial charge in [0.25, 0.3) is 11.8 Å². The second-order valence-electron chi connectivity index (χ2n) is 3.79. The van der Waals surface area contributed by atoms with E-state index in [-0.39, 0.29) is 12.3 Å². The van der Waals surface area contributed by atoms with Crippen LogP contribution in [-0.4, -0.2) is 23.7 Å². The fraction of sp³-hybridized carbons (Fsp3) is 0.182.